The van der Waals surface area contributed by atoms with Gasteiger partial charge in [0.2, 0.25) is 15.9 Å². The van der Waals surface area contributed by atoms with Crippen molar-refractivity contribution in [1.82, 2.24) is 4.72 Å². The molecule has 0 spiro atoms. The molecule has 1 amide bonds. The van der Waals surface area contributed by atoms with E-state index in [1.807, 2.05) is 32.0 Å². The predicted molar refractivity (Wildman–Crippen MR) is 107 cm³/mol. The average molecular weight is 391 g/mol. The lowest BCUT2D eigenvalue weighted by atomic mass is 10.0. The van der Waals surface area contributed by atoms with Crippen molar-refractivity contribution in [3.05, 3.63) is 53.1 Å². The summed E-state index contributed by atoms with van der Waals surface area (Å²) in [5.41, 5.74) is 3.37. The third-order valence-corrected chi connectivity index (χ3v) is 5.92. The molecule has 0 fully saturated rings. The molecule has 0 aliphatic carbocycles. The van der Waals surface area contributed by atoms with Gasteiger partial charge in [-0.05, 0) is 54.7 Å². The second-order valence-corrected chi connectivity index (χ2v) is 7.90. The third-order valence-electron chi connectivity index (χ3n) is 4.36. The summed E-state index contributed by atoms with van der Waals surface area (Å²) in [6, 6.07) is 10.6. The Morgan fingerprint density at radius 1 is 1.07 bits per heavy atom. The van der Waals surface area contributed by atoms with Gasteiger partial charge < -0.3 is 10.1 Å². The molecule has 2 aromatic rings. The average Bonchev–Trinajstić information content (AvgIpc) is 2.66. The van der Waals surface area contributed by atoms with Crippen LogP contribution in [0.15, 0.2) is 41.3 Å². The van der Waals surface area contributed by atoms with Gasteiger partial charge >= 0.3 is 0 Å². The lowest BCUT2D eigenvalue weighted by Gasteiger charge is -2.15. The number of sulfonamides is 1. The van der Waals surface area contributed by atoms with E-state index in [9.17, 15) is 13.2 Å². The first-order valence-electron chi connectivity index (χ1n) is 8.87. The fraction of sp³-hybridized carbons (Fsp3) is 0.350. The van der Waals surface area contributed by atoms with Crippen LogP contribution in [0.4, 0.5) is 5.69 Å². The molecule has 146 valence electrons. The summed E-state index contributed by atoms with van der Waals surface area (Å²) in [5.74, 6) is 0.174. The quantitative estimate of drug-likeness (QED) is 0.726. The normalized spacial score (nSPS) is 11.3. The smallest absolute Gasteiger partial charge is 0.241 e. The second kappa shape index (κ2) is 9.01. The monoisotopic (exact) mass is 390 g/mol. The number of anilines is 1. The number of amides is 1. The molecule has 0 aliphatic heterocycles. The highest BCUT2D eigenvalue weighted by Crippen LogP contribution is 2.23. The van der Waals surface area contributed by atoms with Crippen LogP contribution in [-0.2, 0) is 27.7 Å². The molecule has 2 N–H and O–H groups in total. The number of methoxy groups -OCH3 is 1. The van der Waals surface area contributed by atoms with Gasteiger partial charge in [-0.15, -0.1) is 0 Å². The Hall–Kier alpha value is -2.38. The number of aryl methyl sites for hydroxylation is 3. The van der Waals surface area contributed by atoms with Gasteiger partial charge in [-0.1, -0.05) is 32.0 Å². The zero-order chi connectivity index (χ0) is 20.0. The molecule has 6 nitrogen and oxygen atoms in total. The molecular formula is C20H26N2O4S. The summed E-state index contributed by atoms with van der Waals surface area (Å²) in [6.45, 7) is 5.37. The number of hydrogen-bond donors (Lipinski definition) is 2. The first-order valence-corrected chi connectivity index (χ1v) is 10.4. The Kier molecular flexibility index (Phi) is 6.98. The van der Waals surface area contributed by atoms with E-state index in [1.54, 1.807) is 19.1 Å². The summed E-state index contributed by atoms with van der Waals surface area (Å²) in [4.78, 5) is 12.5. The standard InChI is InChI=1S/C20H26N2O4S/c1-5-15-8-7-9-16(6-2)20(15)22-19(23)13-21-27(24,25)18-11-10-17(26-4)12-14(18)3/h7-12,21H,5-6,13H2,1-4H3,(H,22,23). The maximum absolute atomic E-state index is 12.5. The molecule has 27 heavy (non-hydrogen) atoms. The van der Waals surface area contributed by atoms with E-state index in [-0.39, 0.29) is 11.4 Å². The molecule has 7 heteroatoms. The number of para-hydroxylation sites is 1. The van der Waals surface area contributed by atoms with Crippen molar-refractivity contribution in [3.63, 3.8) is 0 Å². The zero-order valence-electron chi connectivity index (χ0n) is 16.1. The number of nitrogens with one attached hydrogen (secondary N) is 2. The minimum absolute atomic E-state index is 0.124. The minimum Gasteiger partial charge on any atom is -0.497 e. The van der Waals surface area contributed by atoms with Crippen LogP contribution in [-0.4, -0.2) is 28.0 Å². The number of rotatable bonds is 8. The SMILES string of the molecule is CCc1cccc(CC)c1NC(=O)CNS(=O)(=O)c1ccc(OC)cc1C. The number of carbonyl (C=O) groups is 1. The maximum atomic E-state index is 12.5. The molecule has 2 aromatic carbocycles. The molecule has 0 unspecified atom stereocenters. The lowest BCUT2D eigenvalue weighted by molar-refractivity contribution is -0.115. The Morgan fingerprint density at radius 3 is 2.22 bits per heavy atom. The van der Waals surface area contributed by atoms with E-state index in [0.717, 1.165) is 29.7 Å². The number of carbonyl (C=O) groups excluding carboxylic acids is 1. The second-order valence-electron chi connectivity index (χ2n) is 6.16. The van der Waals surface area contributed by atoms with Gasteiger partial charge in [0, 0.05) is 5.69 Å². The van der Waals surface area contributed by atoms with Crippen molar-refractivity contribution >= 4 is 21.6 Å². The van der Waals surface area contributed by atoms with Crippen LogP contribution in [0, 0.1) is 6.92 Å². The maximum Gasteiger partial charge on any atom is 0.241 e. The molecule has 2 rings (SSSR count). The van der Waals surface area contributed by atoms with E-state index in [4.69, 9.17) is 4.74 Å². The first-order chi connectivity index (χ1) is 12.8. The van der Waals surface area contributed by atoms with Crippen molar-refractivity contribution in [3.8, 4) is 5.75 Å². The highest BCUT2D eigenvalue weighted by molar-refractivity contribution is 7.89. The van der Waals surface area contributed by atoms with Gasteiger partial charge in [-0.2, -0.15) is 0 Å². The summed E-state index contributed by atoms with van der Waals surface area (Å²) >= 11 is 0. The fourth-order valence-corrected chi connectivity index (χ4v) is 4.08. The van der Waals surface area contributed by atoms with E-state index in [0.29, 0.717) is 11.3 Å². The van der Waals surface area contributed by atoms with Crippen molar-refractivity contribution < 1.29 is 17.9 Å². The number of ether oxygens (including phenoxy) is 1. The highest BCUT2D eigenvalue weighted by Gasteiger charge is 2.19. The van der Waals surface area contributed by atoms with Gasteiger partial charge in [0.25, 0.3) is 0 Å². The molecule has 0 saturated carbocycles. The van der Waals surface area contributed by atoms with Crippen molar-refractivity contribution in [2.75, 3.05) is 19.0 Å². The molecule has 0 bridgehead atoms. The van der Waals surface area contributed by atoms with E-state index in [1.165, 1.54) is 13.2 Å². The first kappa shape index (κ1) is 20.9. The molecule has 0 atom stereocenters. The topological polar surface area (TPSA) is 84.5 Å². The van der Waals surface area contributed by atoms with Crippen LogP contribution in [0.5, 0.6) is 5.75 Å². The van der Waals surface area contributed by atoms with E-state index >= 15 is 0 Å². The van der Waals surface area contributed by atoms with Gasteiger partial charge in [0.05, 0.1) is 18.6 Å². The Bertz CT molecular complexity index is 901. The van der Waals surface area contributed by atoms with E-state index < -0.39 is 15.9 Å². The van der Waals surface area contributed by atoms with Gasteiger partial charge in [0.1, 0.15) is 5.75 Å². The molecular weight excluding hydrogens is 364 g/mol. The van der Waals surface area contributed by atoms with Crippen LogP contribution in [0.1, 0.15) is 30.5 Å². The molecule has 0 radical (unpaired) electrons. The van der Waals surface area contributed by atoms with Crippen LogP contribution in [0.2, 0.25) is 0 Å². The predicted octanol–water partition coefficient (Wildman–Crippen LogP) is 3.05. The number of hydrogen-bond acceptors (Lipinski definition) is 4. The minimum atomic E-state index is -3.80. The molecule has 0 heterocycles. The third kappa shape index (κ3) is 5.08. The molecule has 0 saturated heterocycles. The van der Waals surface area contributed by atoms with E-state index in [2.05, 4.69) is 10.0 Å². The van der Waals surface area contributed by atoms with Crippen LogP contribution < -0.4 is 14.8 Å². The Morgan fingerprint density at radius 2 is 1.70 bits per heavy atom. The highest BCUT2D eigenvalue weighted by atomic mass is 32.2. The summed E-state index contributed by atoms with van der Waals surface area (Å²) in [5, 5.41) is 2.85. The summed E-state index contributed by atoms with van der Waals surface area (Å²) in [7, 11) is -2.28. The van der Waals surface area contributed by atoms with Gasteiger partial charge in [0.15, 0.2) is 0 Å². The van der Waals surface area contributed by atoms with Crippen LogP contribution in [0.3, 0.4) is 0 Å². The number of benzene rings is 2. The molecule has 0 aromatic heterocycles. The summed E-state index contributed by atoms with van der Waals surface area (Å²) in [6.07, 6.45) is 1.56. The largest absolute Gasteiger partial charge is 0.497 e. The zero-order valence-corrected chi connectivity index (χ0v) is 16.9. The fourth-order valence-electron chi connectivity index (χ4n) is 2.88. The van der Waals surface area contributed by atoms with Crippen molar-refractivity contribution in [2.24, 2.45) is 0 Å². The Labute approximate surface area is 161 Å². The van der Waals surface area contributed by atoms with Crippen molar-refractivity contribution in [2.45, 2.75) is 38.5 Å². The van der Waals surface area contributed by atoms with Crippen LogP contribution in [0.25, 0.3) is 0 Å². The Balaban J connectivity index is 2.12. The van der Waals surface area contributed by atoms with Gasteiger partial charge in [-0.25, -0.2) is 13.1 Å². The molecule has 0 aliphatic rings. The van der Waals surface area contributed by atoms with Crippen molar-refractivity contribution in [1.29, 1.82) is 0 Å². The lowest BCUT2D eigenvalue weighted by Crippen LogP contribution is -2.33. The summed E-state index contributed by atoms with van der Waals surface area (Å²) < 4.78 is 32.5. The van der Waals surface area contributed by atoms with Gasteiger partial charge in [-0.3, -0.25) is 4.79 Å². The van der Waals surface area contributed by atoms with Crippen LogP contribution >= 0.6 is 0 Å².